The van der Waals surface area contributed by atoms with E-state index in [1.165, 1.54) is 6.20 Å². The molecule has 0 saturated carbocycles. The maximum absolute atomic E-state index is 11.4. The van der Waals surface area contributed by atoms with Gasteiger partial charge in [-0.05, 0) is 0 Å². The van der Waals surface area contributed by atoms with Crippen molar-refractivity contribution in [3.05, 3.63) is 32.7 Å². The van der Waals surface area contributed by atoms with Crippen LogP contribution in [-0.4, -0.2) is 30.9 Å². The second-order valence-corrected chi connectivity index (χ2v) is 3.07. The van der Waals surface area contributed by atoms with E-state index < -0.39 is 17.2 Å². The van der Waals surface area contributed by atoms with Gasteiger partial charge in [0.15, 0.2) is 5.69 Å². The summed E-state index contributed by atoms with van der Waals surface area (Å²) in [6, 6.07) is 0. The molecule has 0 aromatic carbocycles. The zero-order valence-electron chi connectivity index (χ0n) is 8.30. The average Bonchev–Trinajstić information content (AvgIpc) is 2.60. The van der Waals surface area contributed by atoms with Crippen LogP contribution in [0.2, 0.25) is 0 Å². The molecular formula is C7H7N7O3. The summed E-state index contributed by atoms with van der Waals surface area (Å²) in [6.07, 6.45) is 1.19. The van der Waals surface area contributed by atoms with Crippen LogP contribution in [0.3, 0.4) is 0 Å². The number of hydrogen-bond donors (Lipinski definition) is 4. The number of anilines is 1. The molecule has 0 unspecified atom stereocenters. The van der Waals surface area contributed by atoms with Crippen LogP contribution in [0.5, 0.6) is 0 Å². The molecule has 0 aliphatic rings. The number of nitrogens with zero attached hydrogens (tertiary/aromatic N) is 3. The van der Waals surface area contributed by atoms with Crippen molar-refractivity contribution in [3.8, 4) is 5.82 Å². The van der Waals surface area contributed by atoms with Gasteiger partial charge in [-0.2, -0.15) is 5.10 Å². The minimum atomic E-state index is -0.831. The number of carbonyl (C=O) groups is 1. The molecule has 1 amide bonds. The second kappa shape index (κ2) is 3.59. The van der Waals surface area contributed by atoms with E-state index in [1.807, 2.05) is 10.1 Å². The molecule has 0 atom stereocenters. The predicted molar refractivity (Wildman–Crippen MR) is 55.5 cm³/mol. The highest BCUT2D eigenvalue weighted by molar-refractivity contribution is 5.95. The Morgan fingerprint density at radius 1 is 1.41 bits per heavy atom. The Balaban J connectivity index is 2.61. The molecule has 88 valence electrons. The molecule has 10 nitrogen and oxygen atoms in total. The standard InChI is InChI=1S/C7H7N7O3/c8-2-1-14(13-3(2)4(9)15)5-6(16)10-7(17)12-11-5/h1H,8H2,(H2,9,15)(H2,10,12,16,17). The van der Waals surface area contributed by atoms with E-state index in [9.17, 15) is 14.4 Å². The van der Waals surface area contributed by atoms with E-state index in [2.05, 4.69) is 10.2 Å². The number of aromatic amines is 2. The van der Waals surface area contributed by atoms with Crippen molar-refractivity contribution < 1.29 is 4.79 Å². The molecule has 0 radical (unpaired) electrons. The Kier molecular flexibility index (Phi) is 2.24. The molecule has 0 spiro atoms. The molecule has 17 heavy (non-hydrogen) atoms. The summed E-state index contributed by atoms with van der Waals surface area (Å²) in [5.41, 5.74) is 8.77. The van der Waals surface area contributed by atoms with Crippen LogP contribution >= 0.6 is 0 Å². The molecule has 0 aliphatic carbocycles. The Hall–Kier alpha value is -2.91. The van der Waals surface area contributed by atoms with Crippen molar-refractivity contribution >= 4 is 11.6 Å². The van der Waals surface area contributed by atoms with Gasteiger partial charge in [-0.1, -0.05) is 0 Å². The zero-order chi connectivity index (χ0) is 12.6. The Bertz CT molecular complexity index is 694. The van der Waals surface area contributed by atoms with Gasteiger partial charge < -0.3 is 11.5 Å². The Labute approximate surface area is 92.3 Å². The summed E-state index contributed by atoms with van der Waals surface area (Å²) >= 11 is 0. The third-order valence-electron chi connectivity index (χ3n) is 1.89. The molecule has 0 saturated heterocycles. The van der Waals surface area contributed by atoms with Crippen LogP contribution in [-0.2, 0) is 0 Å². The first-order valence-corrected chi connectivity index (χ1v) is 4.33. The number of nitrogens with one attached hydrogen (secondary N) is 2. The van der Waals surface area contributed by atoms with E-state index in [4.69, 9.17) is 11.5 Å². The highest BCUT2D eigenvalue weighted by Gasteiger charge is 2.14. The maximum Gasteiger partial charge on any atom is 0.342 e. The summed E-state index contributed by atoms with van der Waals surface area (Å²) < 4.78 is 0.949. The number of primary amides is 1. The molecule has 2 aromatic rings. The van der Waals surface area contributed by atoms with Gasteiger partial charge in [-0.15, -0.1) is 5.10 Å². The van der Waals surface area contributed by atoms with Crippen molar-refractivity contribution in [2.45, 2.75) is 0 Å². The van der Waals surface area contributed by atoms with Gasteiger partial charge in [0.2, 0.25) is 5.82 Å². The van der Waals surface area contributed by atoms with Crippen molar-refractivity contribution in [3.63, 3.8) is 0 Å². The van der Waals surface area contributed by atoms with Crippen LogP contribution in [0.4, 0.5) is 5.69 Å². The monoisotopic (exact) mass is 237 g/mol. The van der Waals surface area contributed by atoms with E-state index in [-0.39, 0.29) is 17.2 Å². The first-order chi connectivity index (χ1) is 7.99. The fraction of sp³-hybridized carbons (Fsp3) is 0. The lowest BCUT2D eigenvalue weighted by molar-refractivity contribution is 0.0996. The van der Waals surface area contributed by atoms with Crippen LogP contribution in [0.15, 0.2) is 15.8 Å². The number of amides is 1. The van der Waals surface area contributed by atoms with Gasteiger partial charge in [0.25, 0.3) is 11.5 Å². The van der Waals surface area contributed by atoms with Crippen LogP contribution in [0.25, 0.3) is 5.82 Å². The Morgan fingerprint density at radius 2 is 2.12 bits per heavy atom. The van der Waals surface area contributed by atoms with Crippen LogP contribution in [0.1, 0.15) is 10.5 Å². The van der Waals surface area contributed by atoms with Crippen molar-refractivity contribution in [1.82, 2.24) is 25.0 Å². The lowest BCUT2D eigenvalue weighted by Crippen LogP contribution is -2.28. The van der Waals surface area contributed by atoms with Crippen molar-refractivity contribution in [1.29, 1.82) is 0 Å². The minimum absolute atomic E-state index is 0.00454. The van der Waals surface area contributed by atoms with Crippen LogP contribution in [0, 0.1) is 0 Å². The molecule has 2 aromatic heterocycles. The quantitative estimate of drug-likeness (QED) is 0.444. The third kappa shape index (κ3) is 1.78. The normalized spacial score (nSPS) is 10.4. The lowest BCUT2D eigenvalue weighted by Gasteiger charge is -1.95. The van der Waals surface area contributed by atoms with Gasteiger partial charge >= 0.3 is 5.69 Å². The number of rotatable bonds is 2. The van der Waals surface area contributed by atoms with Gasteiger partial charge in [-0.25, -0.2) is 14.6 Å². The molecule has 0 fully saturated rings. The van der Waals surface area contributed by atoms with Gasteiger partial charge in [0, 0.05) is 0 Å². The van der Waals surface area contributed by atoms with E-state index >= 15 is 0 Å². The zero-order valence-corrected chi connectivity index (χ0v) is 8.30. The largest absolute Gasteiger partial charge is 0.396 e. The number of carbonyl (C=O) groups excluding carboxylic acids is 1. The fourth-order valence-corrected chi connectivity index (χ4v) is 1.18. The summed E-state index contributed by atoms with van der Waals surface area (Å²) in [5, 5.41) is 9.17. The lowest BCUT2D eigenvalue weighted by atomic mass is 10.4. The first-order valence-electron chi connectivity index (χ1n) is 4.33. The minimum Gasteiger partial charge on any atom is -0.396 e. The molecule has 6 N–H and O–H groups in total. The first kappa shape index (κ1) is 10.6. The number of aromatic nitrogens is 5. The number of nitrogen functional groups attached to an aromatic ring is 1. The molecular weight excluding hydrogens is 230 g/mol. The molecule has 2 heterocycles. The molecule has 0 bridgehead atoms. The Morgan fingerprint density at radius 3 is 2.65 bits per heavy atom. The van der Waals surface area contributed by atoms with Gasteiger partial charge in [0.05, 0.1) is 11.9 Å². The van der Waals surface area contributed by atoms with Gasteiger partial charge in [-0.3, -0.25) is 14.6 Å². The van der Waals surface area contributed by atoms with Crippen LogP contribution < -0.4 is 22.7 Å². The maximum atomic E-state index is 11.4. The SMILES string of the molecule is NC(=O)c1nn(-c2n[nH]c(=O)[nH]c2=O)cc1N. The van der Waals surface area contributed by atoms with Crippen molar-refractivity contribution in [2.24, 2.45) is 5.73 Å². The van der Waals surface area contributed by atoms with Crippen molar-refractivity contribution in [2.75, 3.05) is 5.73 Å². The fourth-order valence-electron chi connectivity index (χ4n) is 1.18. The summed E-state index contributed by atoms with van der Waals surface area (Å²) in [6.45, 7) is 0. The average molecular weight is 237 g/mol. The summed E-state index contributed by atoms with van der Waals surface area (Å²) in [7, 11) is 0. The summed E-state index contributed by atoms with van der Waals surface area (Å²) in [4.78, 5) is 35.0. The number of hydrogen-bond acceptors (Lipinski definition) is 6. The van der Waals surface area contributed by atoms with Gasteiger partial charge in [0.1, 0.15) is 0 Å². The molecule has 0 aliphatic heterocycles. The number of H-pyrrole nitrogens is 2. The highest BCUT2D eigenvalue weighted by atomic mass is 16.2. The molecule has 2 rings (SSSR count). The highest BCUT2D eigenvalue weighted by Crippen LogP contribution is 2.09. The van der Waals surface area contributed by atoms with E-state index in [1.54, 1.807) is 0 Å². The summed E-state index contributed by atoms with van der Waals surface area (Å²) in [5.74, 6) is -1.06. The second-order valence-electron chi connectivity index (χ2n) is 3.07. The third-order valence-corrected chi connectivity index (χ3v) is 1.89. The predicted octanol–water partition coefficient (Wildman–Crippen LogP) is -2.68. The van der Waals surface area contributed by atoms with E-state index in [0.717, 1.165) is 4.68 Å². The topological polar surface area (TPSA) is 166 Å². The number of nitrogens with two attached hydrogens (primary N) is 2. The smallest absolute Gasteiger partial charge is 0.342 e. The van der Waals surface area contributed by atoms with E-state index in [0.29, 0.717) is 0 Å². The molecule has 10 heteroatoms.